The number of benzene rings is 2. The molecular weight excluding hydrogens is 369 g/mol. The molecule has 6 nitrogen and oxygen atoms in total. The van der Waals surface area contributed by atoms with Crippen LogP contribution in [0, 0.1) is 17.1 Å². The molecule has 0 saturated carbocycles. The van der Waals surface area contributed by atoms with Crippen LogP contribution in [0.1, 0.15) is 35.2 Å². The molecule has 27 heavy (non-hydrogen) atoms. The number of hydrogen-bond donors (Lipinski definition) is 1. The minimum absolute atomic E-state index is 0.0225. The number of carbonyl (C=O) groups excluding carboxylic acids is 1. The van der Waals surface area contributed by atoms with Crippen molar-refractivity contribution in [3.8, 4) is 6.07 Å². The number of sulfonamides is 1. The molecule has 0 unspecified atom stereocenters. The molecule has 2 aromatic rings. The second-order valence-electron chi connectivity index (χ2n) is 6.26. The van der Waals surface area contributed by atoms with Crippen molar-refractivity contribution < 1.29 is 17.6 Å². The quantitative estimate of drug-likeness (QED) is 0.873. The summed E-state index contributed by atoms with van der Waals surface area (Å²) in [6.45, 7) is 0.693. The number of carbonyl (C=O) groups is 1. The van der Waals surface area contributed by atoms with Gasteiger partial charge in [-0.1, -0.05) is 12.5 Å². The summed E-state index contributed by atoms with van der Waals surface area (Å²) < 4.78 is 41.0. The lowest BCUT2D eigenvalue weighted by Crippen LogP contribution is -2.36. The molecule has 3 rings (SSSR count). The summed E-state index contributed by atoms with van der Waals surface area (Å²) in [4.78, 5) is 12.0. The van der Waals surface area contributed by atoms with Gasteiger partial charge in [-0.15, -0.1) is 0 Å². The highest BCUT2D eigenvalue weighted by Crippen LogP contribution is 2.24. The second-order valence-corrected chi connectivity index (χ2v) is 8.16. The lowest BCUT2D eigenvalue weighted by Gasteiger charge is -2.26. The zero-order valence-electron chi connectivity index (χ0n) is 14.5. The Morgan fingerprint density at radius 2 is 1.85 bits per heavy atom. The summed E-state index contributed by atoms with van der Waals surface area (Å²) in [6.07, 6.45) is 2.41. The van der Waals surface area contributed by atoms with E-state index in [4.69, 9.17) is 5.26 Å². The first kappa shape index (κ1) is 19.0. The first-order valence-corrected chi connectivity index (χ1v) is 9.97. The maximum absolute atomic E-state index is 14.2. The second kappa shape index (κ2) is 7.86. The Morgan fingerprint density at radius 3 is 2.56 bits per heavy atom. The molecule has 1 aliphatic heterocycles. The standard InChI is InChI=1S/C19H18FN3O3S/c20-17-8-7-15(19(24)22-16-6-4-5-14(11-16)13-21)12-18(17)27(25,26)23-9-2-1-3-10-23/h4-8,11-12H,1-3,9-10H2,(H,22,24). The Labute approximate surface area is 157 Å². The van der Waals surface area contributed by atoms with Gasteiger partial charge in [-0.2, -0.15) is 9.57 Å². The predicted octanol–water partition coefficient (Wildman–Crippen LogP) is 3.12. The SMILES string of the molecule is N#Cc1cccc(NC(=O)c2ccc(F)c(S(=O)(=O)N3CCCCC3)c2)c1. The number of hydrogen-bond acceptors (Lipinski definition) is 4. The predicted molar refractivity (Wildman–Crippen MR) is 98.1 cm³/mol. The molecule has 2 aromatic carbocycles. The van der Waals surface area contributed by atoms with E-state index in [-0.39, 0.29) is 5.56 Å². The van der Waals surface area contributed by atoms with Crippen molar-refractivity contribution in [2.24, 2.45) is 0 Å². The van der Waals surface area contributed by atoms with E-state index in [1.165, 1.54) is 16.4 Å². The van der Waals surface area contributed by atoms with E-state index in [1.54, 1.807) is 18.2 Å². The fourth-order valence-electron chi connectivity index (χ4n) is 2.96. The van der Waals surface area contributed by atoms with Gasteiger partial charge >= 0.3 is 0 Å². The molecular formula is C19H18FN3O3S. The molecule has 1 amide bonds. The largest absolute Gasteiger partial charge is 0.322 e. The van der Waals surface area contributed by atoms with Crippen LogP contribution in [0.3, 0.4) is 0 Å². The molecule has 0 bridgehead atoms. The molecule has 8 heteroatoms. The van der Waals surface area contributed by atoms with Crippen LogP contribution in [0.15, 0.2) is 47.4 Å². The van der Waals surface area contributed by atoms with Gasteiger partial charge in [-0.3, -0.25) is 4.79 Å². The van der Waals surface area contributed by atoms with Gasteiger partial charge in [-0.05, 0) is 49.2 Å². The van der Waals surface area contributed by atoms with E-state index in [9.17, 15) is 17.6 Å². The topological polar surface area (TPSA) is 90.3 Å². The summed E-state index contributed by atoms with van der Waals surface area (Å²) in [5, 5.41) is 11.5. The van der Waals surface area contributed by atoms with Crippen LogP contribution in [0.4, 0.5) is 10.1 Å². The fraction of sp³-hybridized carbons (Fsp3) is 0.263. The number of anilines is 1. The zero-order chi connectivity index (χ0) is 19.4. The van der Waals surface area contributed by atoms with Crippen LogP contribution in [0.25, 0.3) is 0 Å². The van der Waals surface area contributed by atoms with E-state index in [0.717, 1.165) is 31.4 Å². The van der Waals surface area contributed by atoms with E-state index < -0.39 is 26.6 Å². The van der Waals surface area contributed by atoms with Crippen molar-refractivity contribution in [2.45, 2.75) is 24.2 Å². The van der Waals surface area contributed by atoms with E-state index in [2.05, 4.69) is 5.32 Å². The fourth-order valence-corrected chi connectivity index (χ4v) is 4.56. The van der Waals surface area contributed by atoms with Crippen LogP contribution in [-0.4, -0.2) is 31.7 Å². The number of piperidine rings is 1. The molecule has 140 valence electrons. The summed E-state index contributed by atoms with van der Waals surface area (Å²) in [7, 11) is -4.00. The lowest BCUT2D eigenvalue weighted by molar-refractivity contribution is 0.102. The van der Waals surface area contributed by atoms with Gasteiger partial charge in [0.2, 0.25) is 10.0 Å². The van der Waals surface area contributed by atoms with Crippen LogP contribution in [-0.2, 0) is 10.0 Å². The van der Waals surface area contributed by atoms with Gasteiger partial charge in [0, 0.05) is 24.3 Å². The zero-order valence-corrected chi connectivity index (χ0v) is 15.3. The van der Waals surface area contributed by atoms with E-state index in [1.807, 2.05) is 6.07 Å². The molecule has 0 aromatic heterocycles. The van der Waals surface area contributed by atoms with Crippen molar-refractivity contribution in [3.63, 3.8) is 0 Å². The average molecular weight is 387 g/mol. The lowest BCUT2D eigenvalue weighted by atomic mass is 10.2. The molecule has 1 saturated heterocycles. The Bertz CT molecular complexity index is 1010. The number of rotatable bonds is 4. The maximum Gasteiger partial charge on any atom is 0.255 e. The van der Waals surface area contributed by atoms with Crippen molar-refractivity contribution in [1.82, 2.24) is 4.31 Å². The maximum atomic E-state index is 14.2. The summed E-state index contributed by atoms with van der Waals surface area (Å²) in [6, 6.07) is 11.5. The minimum Gasteiger partial charge on any atom is -0.322 e. The Kier molecular flexibility index (Phi) is 5.54. The highest BCUT2D eigenvalue weighted by molar-refractivity contribution is 7.89. The van der Waals surface area contributed by atoms with Crippen LogP contribution >= 0.6 is 0 Å². The molecule has 0 radical (unpaired) electrons. The molecule has 1 aliphatic rings. The van der Waals surface area contributed by atoms with Crippen LogP contribution < -0.4 is 5.32 Å². The normalized spacial score (nSPS) is 15.1. The van der Waals surface area contributed by atoms with Crippen molar-refractivity contribution in [1.29, 1.82) is 5.26 Å². The molecule has 1 fully saturated rings. The monoisotopic (exact) mass is 387 g/mol. The molecule has 1 heterocycles. The third-order valence-electron chi connectivity index (χ3n) is 4.38. The van der Waals surface area contributed by atoms with E-state index in [0.29, 0.717) is 24.3 Å². The number of amides is 1. The summed E-state index contributed by atoms with van der Waals surface area (Å²) in [5.41, 5.74) is 0.790. The van der Waals surface area contributed by atoms with Gasteiger partial charge in [0.15, 0.2) is 0 Å². The highest BCUT2D eigenvalue weighted by atomic mass is 32.2. The number of nitrogens with one attached hydrogen (secondary N) is 1. The molecule has 0 atom stereocenters. The van der Waals surface area contributed by atoms with Gasteiger partial charge in [0.1, 0.15) is 10.7 Å². The number of nitrogens with zero attached hydrogens (tertiary/aromatic N) is 2. The molecule has 0 spiro atoms. The number of nitriles is 1. The Morgan fingerprint density at radius 1 is 1.11 bits per heavy atom. The van der Waals surface area contributed by atoms with Gasteiger partial charge in [0.05, 0.1) is 11.6 Å². The van der Waals surface area contributed by atoms with E-state index >= 15 is 0 Å². The average Bonchev–Trinajstić information content (AvgIpc) is 2.69. The molecule has 0 aliphatic carbocycles. The Hall–Kier alpha value is -2.76. The summed E-state index contributed by atoms with van der Waals surface area (Å²) >= 11 is 0. The molecule has 1 N–H and O–H groups in total. The van der Waals surface area contributed by atoms with Gasteiger partial charge in [-0.25, -0.2) is 12.8 Å². The first-order valence-electron chi connectivity index (χ1n) is 8.53. The van der Waals surface area contributed by atoms with Crippen molar-refractivity contribution in [3.05, 3.63) is 59.4 Å². The van der Waals surface area contributed by atoms with Crippen molar-refractivity contribution >= 4 is 21.6 Å². The van der Waals surface area contributed by atoms with Crippen LogP contribution in [0.2, 0.25) is 0 Å². The third-order valence-corrected chi connectivity index (χ3v) is 6.29. The smallest absolute Gasteiger partial charge is 0.255 e. The third kappa shape index (κ3) is 4.15. The van der Waals surface area contributed by atoms with Gasteiger partial charge < -0.3 is 5.32 Å². The van der Waals surface area contributed by atoms with Crippen LogP contribution in [0.5, 0.6) is 0 Å². The highest BCUT2D eigenvalue weighted by Gasteiger charge is 2.29. The number of halogens is 1. The van der Waals surface area contributed by atoms with Gasteiger partial charge in [0.25, 0.3) is 5.91 Å². The summed E-state index contributed by atoms with van der Waals surface area (Å²) in [5.74, 6) is -1.47. The van der Waals surface area contributed by atoms with Crippen molar-refractivity contribution in [2.75, 3.05) is 18.4 Å². The minimum atomic E-state index is -4.00. The first-order chi connectivity index (χ1) is 12.9. The Balaban J connectivity index is 1.88.